The second kappa shape index (κ2) is 5.06. The first kappa shape index (κ1) is 11.7. The Hall–Kier alpha value is -0.740. The molecule has 3 nitrogen and oxygen atoms in total. The SMILES string of the molecule is CCC(O)c1cc(Br)c2c(c1)OCCCO2. The minimum atomic E-state index is -0.451. The maximum atomic E-state index is 9.81. The lowest BCUT2D eigenvalue weighted by molar-refractivity contribution is 0.173. The molecule has 1 aliphatic rings. The lowest BCUT2D eigenvalue weighted by atomic mass is 10.1. The average Bonchev–Trinajstić information content (AvgIpc) is 2.53. The van der Waals surface area contributed by atoms with Crippen molar-refractivity contribution in [2.75, 3.05) is 13.2 Å². The van der Waals surface area contributed by atoms with Gasteiger partial charge in [0.2, 0.25) is 0 Å². The van der Waals surface area contributed by atoms with E-state index in [1.165, 1.54) is 0 Å². The highest BCUT2D eigenvalue weighted by atomic mass is 79.9. The van der Waals surface area contributed by atoms with Crippen molar-refractivity contribution in [3.05, 3.63) is 22.2 Å². The summed E-state index contributed by atoms with van der Waals surface area (Å²) >= 11 is 3.45. The second-order valence-electron chi connectivity index (χ2n) is 3.80. The first-order valence-corrected chi connectivity index (χ1v) is 6.28. The van der Waals surface area contributed by atoms with Crippen LogP contribution >= 0.6 is 15.9 Å². The maximum absolute atomic E-state index is 9.81. The molecule has 1 aromatic carbocycles. The minimum Gasteiger partial charge on any atom is -0.490 e. The smallest absolute Gasteiger partial charge is 0.175 e. The molecule has 0 aromatic heterocycles. The van der Waals surface area contributed by atoms with Gasteiger partial charge in [-0.3, -0.25) is 0 Å². The largest absolute Gasteiger partial charge is 0.490 e. The van der Waals surface area contributed by atoms with Crippen molar-refractivity contribution in [3.8, 4) is 11.5 Å². The summed E-state index contributed by atoms with van der Waals surface area (Å²) in [5.74, 6) is 1.46. The van der Waals surface area contributed by atoms with E-state index in [0.29, 0.717) is 19.6 Å². The van der Waals surface area contributed by atoms with Crippen molar-refractivity contribution in [3.63, 3.8) is 0 Å². The molecule has 1 aromatic rings. The fourth-order valence-corrected chi connectivity index (χ4v) is 2.25. The zero-order valence-corrected chi connectivity index (χ0v) is 10.8. The monoisotopic (exact) mass is 286 g/mol. The minimum absolute atomic E-state index is 0.451. The summed E-state index contributed by atoms with van der Waals surface area (Å²) in [6, 6.07) is 3.75. The van der Waals surface area contributed by atoms with Crippen LogP contribution in [0.1, 0.15) is 31.4 Å². The average molecular weight is 287 g/mol. The molecule has 0 aliphatic carbocycles. The van der Waals surface area contributed by atoms with Crippen LogP contribution in [0.15, 0.2) is 16.6 Å². The topological polar surface area (TPSA) is 38.7 Å². The second-order valence-corrected chi connectivity index (χ2v) is 4.66. The van der Waals surface area contributed by atoms with Gasteiger partial charge in [0.15, 0.2) is 11.5 Å². The van der Waals surface area contributed by atoms with Gasteiger partial charge in [-0.05, 0) is 40.0 Å². The van der Waals surface area contributed by atoms with Gasteiger partial charge >= 0.3 is 0 Å². The molecule has 2 rings (SSSR count). The van der Waals surface area contributed by atoms with Crippen LogP contribution < -0.4 is 9.47 Å². The summed E-state index contributed by atoms with van der Waals surface area (Å²) in [6.45, 7) is 3.27. The number of halogens is 1. The first-order valence-electron chi connectivity index (χ1n) is 5.49. The van der Waals surface area contributed by atoms with E-state index >= 15 is 0 Å². The van der Waals surface area contributed by atoms with Crippen LogP contribution in [0.5, 0.6) is 11.5 Å². The Morgan fingerprint density at radius 3 is 2.88 bits per heavy atom. The highest BCUT2D eigenvalue weighted by Crippen LogP contribution is 2.39. The first-order chi connectivity index (χ1) is 7.72. The van der Waals surface area contributed by atoms with E-state index in [4.69, 9.17) is 9.47 Å². The van der Waals surface area contributed by atoms with Crippen LogP contribution in [-0.4, -0.2) is 18.3 Å². The van der Waals surface area contributed by atoms with Gasteiger partial charge in [0.05, 0.1) is 23.8 Å². The Morgan fingerprint density at radius 1 is 1.38 bits per heavy atom. The zero-order valence-electron chi connectivity index (χ0n) is 9.20. The van der Waals surface area contributed by atoms with Crippen molar-refractivity contribution in [2.24, 2.45) is 0 Å². The van der Waals surface area contributed by atoms with E-state index in [2.05, 4.69) is 15.9 Å². The van der Waals surface area contributed by atoms with E-state index in [0.717, 1.165) is 28.0 Å². The predicted octanol–water partition coefficient (Wildman–Crippen LogP) is 3.05. The molecule has 1 aliphatic heterocycles. The molecule has 1 atom stereocenters. The summed E-state index contributed by atoms with van der Waals surface area (Å²) < 4.78 is 12.0. The van der Waals surface area contributed by atoms with Gasteiger partial charge in [-0.2, -0.15) is 0 Å². The van der Waals surface area contributed by atoms with Gasteiger partial charge in [-0.1, -0.05) is 6.92 Å². The van der Waals surface area contributed by atoms with Crippen LogP contribution in [0.25, 0.3) is 0 Å². The zero-order chi connectivity index (χ0) is 11.5. The van der Waals surface area contributed by atoms with E-state index in [1.807, 2.05) is 19.1 Å². The molecular weight excluding hydrogens is 272 g/mol. The lowest BCUT2D eigenvalue weighted by Crippen LogP contribution is -1.98. The normalized spacial score (nSPS) is 16.7. The van der Waals surface area contributed by atoms with Gasteiger partial charge in [0.25, 0.3) is 0 Å². The van der Waals surface area contributed by atoms with Crippen molar-refractivity contribution in [1.82, 2.24) is 0 Å². The van der Waals surface area contributed by atoms with E-state index < -0.39 is 6.10 Å². The summed E-state index contributed by atoms with van der Waals surface area (Å²) in [5, 5.41) is 9.81. The number of hydrogen-bond donors (Lipinski definition) is 1. The van der Waals surface area contributed by atoms with E-state index in [1.54, 1.807) is 0 Å². The summed E-state index contributed by atoms with van der Waals surface area (Å²) in [6.07, 6.45) is 1.12. The Bertz CT molecular complexity index is 379. The van der Waals surface area contributed by atoms with E-state index in [9.17, 15) is 5.11 Å². The Kier molecular flexibility index (Phi) is 3.71. The van der Waals surface area contributed by atoms with Crippen LogP contribution in [0.3, 0.4) is 0 Å². The maximum Gasteiger partial charge on any atom is 0.175 e. The molecule has 0 amide bonds. The fourth-order valence-electron chi connectivity index (χ4n) is 1.68. The van der Waals surface area contributed by atoms with Gasteiger partial charge in [-0.25, -0.2) is 0 Å². The van der Waals surface area contributed by atoms with Gasteiger partial charge in [0.1, 0.15) is 0 Å². The third kappa shape index (κ3) is 2.33. The Labute approximate surface area is 104 Å². The molecule has 16 heavy (non-hydrogen) atoms. The molecule has 0 fully saturated rings. The van der Waals surface area contributed by atoms with Gasteiger partial charge < -0.3 is 14.6 Å². The number of fused-ring (bicyclic) bond motifs is 1. The van der Waals surface area contributed by atoms with Gasteiger partial charge in [0, 0.05) is 6.42 Å². The van der Waals surface area contributed by atoms with Crippen LogP contribution in [0.2, 0.25) is 0 Å². The highest BCUT2D eigenvalue weighted by Gasteiger charge is 2.17. The lowest BCUT2D eigenvalue weighted by Gasteiger charge is -2.14. The predicted molar refractivity (Wildman–Crippen MR) is 65.0 cm³/mol. The van der Waals surface area contributed by atoms with Crippen molar-refractivity contribution >= 4 is 15.9 Å². The molecule has 88 valence electrons. The molecule has 1 unspecified atom stereocenters. The van der Waals surface area contributed by atoms with Crippen molar-refractivity contribution in [2.45, 2.75) is 25.9 Å². The molecule has 0 spiro atoms. The Balaban J connectivity index is 2.39. The number of benzene rings is 1. The number of ether oxygens (including phenoxy) is 2. The third-order valence-electron chi connectivity index (χ3n) is 2.60. The van der Waals surface area contributed by atoms with Crippen LogP contribution in [0.4, 0.5) is 0 Å². The highest BCUT2D eigenvalue weighted by molar-refractivity contribution is 9.10. The standard InChI is InChI=1S/C12H15BrO3/c1-2-10(14)8-6-9(13)12-11(7-8)15-4-3-5-16-12/h6-7,10,14H,2-5H2,1H3. The molecule has 0 radical (unpaired) electrons. The quantitative estimate of drug-likeness (QED) is 0.908. The van der Waals surface area contributed by atoms with E-state index in [-0.39, 0.29) is 0 Å². The molecule has 0 saturated carbocycles. The fraction of sp³-hybridized carbons (Fsp3) is 0.500. The number of rotatable bonds is 2. The molecule has 0 bridgehead atoms. The summed E-state index contributed by atoms with van der Waals surface area (Å²) in [5.41, 5.74) is 0.860. The van der Waals surface area contributed by atoms with Crippen molar-refractivity contribution < 1.29 is 14.6 Å². The molecule has 0 saturated heterocycles. The third-order valence-corrected chi connectivity index (χ3v) is 3.19. The molecule has 1 N–H and O–H groups in total. The summed E-state index contributed by atoms with van der Waals surface area (Å²) in [7, 11) is 0. The molecular formula is C12H15BrO3. The van der Waals surface area contributed by atoms with Gasteiger partial charge in [-0.15, -0.1) is 0 Å². The Morgan fingerprint density at radius 2 is 2.12 bits per heavy atom. The van der Waals surface area contributed by atoms with Crippen LogP contribution in [0, 0.1) is 0 Å². The number of hydrogen-bond acceptors (Lipinski definition) is 3. The number of aliphatic hydroxyl groups excluding tert-OH is 1. The van der Waals surface area contributed by atoms with Crippen LogP contribution in [-0.2, 0) is 0 Å². The number of aliphatic hydroxyl groups is 1. The molecule has 1 heterocycles. The molecule has 4 heteroatoms. The summed E-state index contributed by atoms with van der Waals surface area (Å²) in [4.78, 5) is 0. The van der Waals surface area contributed by atoms with Crippen molar-refractivity contribution in [1.29, 1.82) is 0 Å².